The van der Waals surface area contributed by atoms with Gasteiger partial charge in [-0.25, -0.2) is 9.78 Å². The minimum atomic E-state index is -0.249. The number of nitrogens with one attached hydrogen (secondary N) is 1. The molecule has 1 atom stereocenters. The summed E-state index contributed by atoms with van der Waals surface area (Å²) in [7, 11) is 0. The molecule has 8 heteroatoms. The Morgan fingerprint density at radius 1 is 1.30 bits per heavy atom. The lowest BCUT2D eigenvalue weighted by Crippen LogP contribution is -2.48. The molecular formula is C22H19N7O. The highest BCUT2D eigenvalue weighted by Gasteiger charge is 2.41. The third-order valence-electron chi connectivity index (χ3n) is 5.52. The molecule has 8 nitrogen and oxygen atoms in total. The molecule has 2 amide bonds. The van der Waals surface area contributed by atoms with Gasteiger partial charge in [0.1, 0.15) is 6.07 Å². The summed E-state index contributed by atoms with van der Waals surface area (Å²) in [4.78, 5) is 30.3. The van der Waals surface area contributed by atoms with Gasteiger partial charge in [0.05, 0.1) is 34.9 Å². The lowest BCUT2D eigenvalue weighted by atomic mass is 10.1. The maximum Gasteiger partial charge on any atom is 0.327 e. The molecule has 1 saturated heterocycles. The summed E-state index contributed by atoms with van der Waals surface area (Å²) < 4.78 is 0. The number of nitrogens with zero attached hydrogens (tertiary/aromatic N) is 6. The van der Waals surface area contributed by atoms with E-state index in [2.05, 4.69) is 26.3 Å². The highest BCUT2D eigenvalue weighted by atomic mass is 16.2. The van der Waals surface area contributed by atoms with E-state index in [0.29, 0.717) is 22.8 Å². The SMILES string of the molecule is Cc1ccc(-c2nc3c(cc2C#N)N2CC[C@@H](C2)N3C(=O)Nc2cccnc2)cn1. The van der Waals surface area contributed by atoms with Crippen LogP contribution >= 0.6 is 0 Å². The van der Waals surface area contributed by atoms with Crippen LogP contribution in [0.25, 0.3) is 11.3 Å². The van der Waals surface area contributed by atoms with Gasteiger partial charge in [-0.1, -0.05) is 0 Å². The molecule has 1 N–H and O–H groups in total. The second kappa shape index (κ2) is 7.12. The Morgan fingerprint density at radius 3 is 2.93 bits per heavy atom. The number of hydrogen-bond acceptors (Lipinski definition) is 6. The van der Waals surface area contributed by atoms with Crippen molar-refractivity contribution < 1.29 is 4.79 Å². The molecule has 5 heterocycles. The van der Waals surface area contributed by atoms with E-state index in [-0.39, 0.29) is 12.1 Å². The van der Waals surface area contributed by atoms with Crippen LogP contribution < -0.4 is 15.1 Å². The van der Waals surface area contributed by atoms with E-state index >= 15 is 0 Å². The summed E-state index contributed by atoms with van der Waals surface area (Å²) in [6.45, 7) is 3.46. The Bertz CT molecular complexity index is 1150. The van der Waals surface area contributed by atoms with Crippen molar-refractivity contribution in [2.45, 2.75) is 19.4 Å². The molecule has 0 spiro atoms. The molecule has 0 saturated carbocycles. The molecule has 2 aliphatic heterocycles. The van der Waals surface area contributed by atoms with Crippen LogP contribution in [0, 0.1) is 18.3 Å². The van der Waals surface area contributed by atoms with Gasteiger partial charge in [-0.2, -0.15) is 5.26 Å². The lowest BCUT2D eigenvalue weighted by Gasteiger charge is -2.36. The number of anilines is 3. The molecule has 30 heavy (non-hydrogen) atoms. The molecule has 148 valence electrons. The van der Waals surface area contributed by atoms with E-state index in [1.165, 1.54) is 0 Å². The van der Waals surface area contributed by atoms with Crippen LogP contribution in [-0.2, 0) is 0 Å². The minimum absolute atomic E-state index is 0.0265. The molecule has 0 aromatic carbocycles. The Kier molecular flexibility index (Phi) is 4.29. The van der Waals surface area contributed by atoms with Gasteiger partial charge in [0.25, 0.3) is 0 Å². The number of amides is 2. The van der Waals surface area contributed by atoms with Crippen LogP contribution in [0.4, 0.5) is 22.0 Å². The predicted molar refractivity (Wildman–Crippen MR) is 113 cm³/mol. The number of urea groups is 1. The van der Waals surface area contributed by atoms with E-state index in [0.717, 1.165) is 36.5 Å². The number of rotatable bonds is 2. The largest absolute Gasteiger partial charge is 0.366 e. The summed E-state index contributed by atoms with van der Waals surface area (Å²) >= 11 is 0. The fourth-order valence-corrected chi connectivity index (χ4v) is 4.04. The Labute approximate surface area is 173 Å². The van der Waals surface area contributed by atoms with Crippen molar-refractivity contribution in [1.82, 2.24) is 15.0 Å². The number of aromatic nitrogens is 3. The van der Waals surface area contributed by atoms with Crippen LogP contribution in [-0.4, -0.2) is 40.1 Å². The van der Waals surface area contributed by atoms with Gasteiger partial charge in [0.2, 0.25) is 0 Å². The van der Waals surface area contributed by atoms with Crippen LogP contribution in [0.1, 0.15) is 17.7 Å². The molecule has 0 aliphatic carbocycles. The molecule has 1 fully saturated rings. The average Bonchev–Trinajstić information content (AvgIpc) is 3.19. The minimum Gasteiger partial charge on any atom is -0.366 e. The number of pyridine rings is 3. The normalized spacial score (nSPS) is 16.7. The van der Waals surface area contributed by atoms with Crippen molar-refractivity contribution >= 4 is 23.2 Å². The van der Waals surface area contributed by atoms with Crippen molar-refractivity contribution in [3.05, 3.63) is 60.2 Å². The zero-order valence-corrected chi connectivity index (χ0v) is 16.4. The van der Waals surface area contributed by atoms with Crippen molar-refractivity contribution in [2.75, 3.05) is 28.2 Å². The van der Waals surface area contributed by atoms with Gasteiger partial charge in [0.15, 0.2) is 5.82 Å². The van der Waals surface area contributed by atoms with Crippen LogP contribution in [0.5, 0.6) is 0 Å². The first-order valence-corrected chi connectivity index (χ1v) is 9.77. The quantitative estimate of drug-likeness (QED) is 0.712. The third kappa shape index (κ3) is 3.01. The number of hydrogen-bond donors (Lipinski definition) is 1. The van der Waals surface area contributed by atoms with Crippen LogP contribution in [0.2, 0.25) is 0 Å². The fourth-order valence-electron chi connectivity index (χ4n) is 4.04. The Balaban J connectivity index is 1.60. The van der Waals surface area contributed by atoms with Crippen molar-refractivity contribution in [2.24, 2.45) is 0 Å². The van der Waals surface area contributed by atoms with Crippen molar-refractivity contribution in [1.29, 1.82) is 5.26 Å². The predicted octanol–water partition coefficient (Wildman–Crippen LogP) is 3.35. The topological polar surface area (TPSA) is 98.0 Å². The number of nitriles is 1. The standard InChI is InChI=1S/C22H19N7O/c1-14-4-5-15(11-25-14)20-16(10-23)9-19-21(27-20)29(18-6-8-28(19)13-18)22(30)26-17-3-2-7-24-12-17/h2-5,7,9,11-12,18H,6,8,13H2,1H3,(H,26,30)/t18-/m0/s1. The molecule has 2 aliphatic rings. The van der Waals surface area contributed by atoms with E-state index in [1.54, 1.807) is 35.6 Å². The van der Waals surface area contributed by atoms with Crippen LogP contribution in [0.3, 0.4) is 0 Å². The molecule has 0 radical (unpaired) electrons. The van der Waals surface area contributed by atoms with Gasteiger partial charge in [-0.05, 0) is 43.7 Å². The van der Waals surface area contributed by atoms with Gasteiger partial charge < -0.3 is 10.2 Å². The van der Waals surface area contributed by atoms with Crippen molar-refractivity contribution in [3.8, 4) is 17.3 Å². The molecular weight excluding hydrogens is 378 g/mol. The fraction of sp³-hybridized carbons (Fsp3) is 0.227. The summed E-state index contributed by atoms with van der Waals surface area (Å²) in [6, 6.07) is 11.2. The van der Waals surface area contributed by atoms with E-state index in [9.17, 15) is 10.1 Å². The average molecular weight is 397 g/mol. The summed E-state index contributed by atoms with van der Waals surface area (Å²) in [6.07, 6.45) is 5.83. The van der Waals surface area contributed by atoms with Gasteiger partial charge in [-0.15, -0.1) is 0 Å². The van der Waals surface area contributed by atoms with Gasteiger partial charge >= 0.3 is 6.03 Å². The molecule has 3 aromatic heterocycles. The first kappa shape index (κ1) is 18.1. The second-order valence-corrected chi connectivity index (χ2v) is 7.46. The summed E-state index contributed by atoms with van der Waals surface area (Å²) in [5.74, 6) is 0.569. The van der Waals surface area contributed by atoms with E-state index in [4.69, 9.17) is 4.98 Å². The molecule has 3 aromatic rings. The molecule has 2 bridgehead atoms. The summed E-state index contributed by atoms with van der Waals surface area (Å²) in [5, 5.41) is 12.7. The smallest absolute Gasteiger partial charge is 0.327 e. The first-order valence-electron chi connectivity index (χ1n) is 9.77. The maximum absolute atomic E-state index is 13.2. The first-order chi connectivity index (χ1) is 14.6. The Hall–Kier alpha value is -3.99. The summed E-state index contributed by atoms with van der Waals surface area (Å²) in [5.41, 5.74) is 4.08. The highest BCUT2D eigenvalue weighted by molar-refractivity contribution is 6.05. The zero-order valence-electron chi connectivity index (χ0n) is 16.4. The van der Waals surface area contributed by atoms with Gasteiger partial charge in [0, 0.05) is 36.7 Å². The second-order valence-electron chi connectivity index (χ2n) is 7.46. The number of carbonyl (C=O) groups excluding carboxylic acids is 1. The van der Waals surface area contributed by atoms with Crippen LogP contribution in [0.15, 0.2) is 48.9 Å². The Morgan fingerprint density at radius 2 is 2.20 bits per heavy atom. The maximum atomic E-state index is 13.2. The van der Waals surface area contributed by atoms with Gasteiger partial charge in [-0.3, -0.25) is 14.9 Å². The van der Waals surface area contributed by atoms with Crippen molar-refractivity contribution in [3.63, 3.8) is 0 Å². The lowest BCUT2D eigenvalue weighted by molar-refractivity contribution is 0.255. The molecule has 0 unspecified atom stereocenters. The zero-order chi connectivity index (χ0) is 20.7. The third-order valence-corrected chi connectivity index (χ3v) is 5.52. The monoisotopic (exact) mass is 397 g/mol. The highest BCUT2D eigenvalue weighted by Crippen LogP contribution is 2.41. The molecule has 5 rings (SSSR count). The number of carbonyl (C=O) groups is 1. The number of aryl methyl sites for hydroxylation is 1. The van der Waals surface area contributed by atoms with E-state index < -0.39 is 0 Å². The van der Waals surface area contributed by atoms with E-state index in [1.807, 2.05) is 25.1 Å². The number of fused-ring (bicyclic) bond motifs is 4.